The topological polar surface area (TPSA) is 75.8 Å². The molecule has 62 valence electrons. The van der Waals surface area contributed by atoms with E-state index in [1.165, 1.54) is 0 Å². The second-order valence-corrected chi connectivity index (χ2v) is 2.62. The zero-order chi connectivity index (χ0) is 8.97. The van der Waals surface area contributed by atoms with E-state index in [-0.39, 0.29) is 0 Å². The zero-order valence-corrected chi connectivity index (χ0v) is 6.75. The van der Waals surface area contributed by atoms with E-state index in [1.54, 1.807) is 12.1 Å². The Morgan fingerprint density at radius 3 is 2.75 bits per heavy atom. The fraction of sp³-hybridized carbons (Fsp3) is 0.222. The van der Waals surface area contributed by atoms with Crippen LogP contribution in [-0.2, 0) is 6.42 Å². The van der Waals surface area contributed by atoms with Crippen LogP contribution in [0.3, 0.4) is 0 Å². The van der Waals surface area contributed by atoms with Gasteiger partial charge >= 0.3 is 0 Å². The molecule has 0 aliphatic carbocycles. The molecule has 0 aliphatic heterocycles. The maximum atomic E-state index is 8.37. The van der Waals surface area contributed by atoms with Gasteiger partial charge in [-0.2, -0.15) is 5.26 Å². The predicted octanol–water partition coefficient (Wildman–Crippen LogP) is 1.31. The van der Waals surface area contributed by atoms with Crippen molar-refractivity contribution >= 4 is 11.4 Å². The van der Waals surface area contributed by atoms with Gasteiger partial charge in [-0.05, 0) is 30.2 Å². The van der Waals surface area contributed by atoms with Crippen molar-refractivity contribution in [1.29, 1.82) is 5.26 Å². The maximum Gasteiger partial charge on any atom is 0.0625 e. The summed E-state index contributed by atoms with van der Waals surface area (Å²) < 4.78 is 0. The molecule has 3 heteroatoms. The monoisotopic (exact) mass is 161 g/mol. The summed E-state index contributed by atoms with van der Waals surface area (Å²) in [5, 5.41) is 8.37. The third kappa shape index (κ3) is 1.89. The number of benzene rings is 1. The van der Waals surface area contributed by atoms with Gasteiger partial charge < -0.3 is 11.5 Å². The van der Waals surface area contributed by atoms with Gasteiger partial charge in [0.2, 0.25) is 0 Å². The lowest BCUT2D eigenvalue weighted by molar-refractivity contribution is 1.02. The molecule has 1 aromatic carbocycles. The van der Waals surface area contributed by atoms with E-state index >= 15 is 0 Å². The summed E-state index contributed by atoms with van der Waals surface area (Å²) in [4.78, 5) is 0. The Bertz CT molecular complexity index is 312. The van der Waals surface area contributed by atoms with Gasteiger partial charge in [0.1, 0.15) is 0 Å². The minimum absolute atomic E-state index is 0.480. The Morgan fingerprint density at radius 1 is 1.33 bits per heavy atom. The first kappa shape index (κ1) is 8.41. The minimum atomic E-state index is 0.480. The molecule has 0 saturated carbocycles. The first-order chi connectivity index (χ1) is 5.74. The van der Waals surface area contributed by atoms with Crippen molar-refractivity contribution in [2.75, 3.05) is 11.5 Å². The Hall–Kier alpha value is -1.69. The molecular weight excluding hydrogens is 150 g/mol. The molecule has 0 heterocycles. The molecule has 0 spiro atoms. The lowest BCUT2D eigenvalue weighted by Gasteiger charge is -2.03. The molecule has 0 unspecified atom stereocenters. The van der Waals surface area contributed by atoms with Gasteiger partial charge in [-0.15, -0.1) is 0 Å². The Labute approximate surface area is 71.6 Å². The number of aryl methyl sites for hydroxylation is 1. The van der Waals surface area contributed by atoms with E-state index in [2.05, 4.69) is 6.07 Å². The highest BCUT2D eigenvalue weighted by Crippen LogP contribution is 2.16. The second kappa shape index (κ2) is 3.63. The molecular formula is C9H11N3. The average Bonchev–Trinajstić information content (AvgIpc) is 2.07. The fourth-order valence-electron chi connectivity index (χ4n) is 1.03. The standard InChI is InChI=1S/C9H11N3/c10-5-1-2-7-6-8(11)3-4-9(7)12/h3-4,6H,1-2,11-12H2. The van der Waals surface area contributed by atoms with Crippen LogP contribution in [0.25, 0.3) is 0 Å². The van der Waals surface area contributed by atoms with Gasteiger partial charge in [0.15, 0.2) is 0 Å². The van der Waals surface area contributed by atoms with Crippen molar-refractivity contribution in [2.45, 2.75) is 12.8 Å². The normalized spacial score (nSPS) is 9.25. The number of hydrogen-bond acceptors (Lipinski definition) is 3. The number of nitrogens with two attached hydrogens (primary N) is 2. The van der Waals surface area contributed by atoms with Gasteiger partial charge in [-0.3, -0.25) is 0 Å². The van der Waals surface area contributed by atoms with Gasteiger partial charge in [0, 0.05) is 17.8 Å². The summed E-state index contributed by atoms with van der Waals surface area (Å²) in [6.07, 6.45) is 1.15. The fourth-order valence-corrected chi connectivity index (χ4v) is 1.03. The summed E-state index contributed by atoms with van der Waals surface area (Å²) in [6.45, 7) is 0. The van der Waals surface area contributed by atoms with Crippen LogP contribution in [0.2, 0.25) is 0 Å². The van der Waals surface area contributed by atoms with Gasteiger partial charge in [0.25, 0.3) is 0 Å². The molecule has 0 amide bonds. The number of nitriles is 1. The first-order valence-corrected chi connectivity index (χ1v) is 3.75. The molecule has 0 radical (unpaired) electrons. The SMILES string of the molecule is N#CCCc1cc(N)ccc1N. The van der Waals surface area contributed by atoms with Gasteiger partial charge in [-0.25, -0.2) is 0 Å². The molecule has 0 atom stereocenters. The summed E-state index contributed by atoms with van der Waals surface area (Å²) in [5.74, 6) is 0. The summed E-state index contributed by atoms with van der Waals surface area (Å²) in [7, 11) is 0. The van der Waals surface area contributed by atoms with Crippen molar-refractivity contribution in [3.8, 4) is 6.07 Å². The van der Waals surface area contributed by atoms with Crippen molar-refractivity contribution in [3.63, 3.8) is 0 Å². The van der Waals surface area contributed by atoms with Crippen molar-refractivity contribution in [1.82, 2.24) is 0 Å². The van der Waals surface area contributed by atoms with Gasteiger partial charge in [-0.1, -0.05) is 0 Å². The molecule has 0 saturated heterocycles. The molecule has 12 heavy (non-hydrogen) atoms. The highest BCUT2D eigenvalue weighted by molar-refractivity contribution is 5.55. The van der Waals surface area contributed by atoms with E-state index < -0.39 is 0 Å². The van der Waals surface area contributed by atoms with Crippen LogP contribution in [0, 0.1) is 11.3 Å². The Kier molecular flexibility index (Phi) is 2.54. The predicted molar refractivity (Wildman–Crippen MR) is 49.2 cm³/mol. The van der Waals surface area contributed by atoms with Crippen molar-refractivity contribution < 1.29 is 0 Å². The maximum absolute atomic E-state index is 8.37. The van der Waals surface area contributed by atoms with E-state index in [0.29, 0.717) is 24.2 Å². The molecule has 3 nitrogen and oxygen atoms in total. The van der Waals surface area contributed by atoms with Gasteiger partial charge in [0.05, 0.1) is 6.07 Å². The van der Waals surface area contributed by atoms with E-state index in [9.17, 15) is 0 Å². The first-order valence-electron chi connectivity index (χ1n) is 3.75. The highest BCUT2D eigenvalue weighted by atomic mass is 14.6. The molecule has 0 bridgehead atoms. The quantitative estimate of drug-likeness (QED) is 0.642. The van der Waals surface area contributed by atoms with Crippen LogP contribution in [0.15, 0.2) is 18.2 Å². The van der Waals surface area contributed by atoms with Crippen LogP contribution in [0.5, 0.6) is 0 Å². The number of hydrogen-bond donors (Lipinski definition) is 2. The molecule has 0 fully saturated rings. The Morgan fingerprint density at radius 2 is 2.08 bits per heavy atom. The lowest BCUT2D eigenvalue weighted by atomic mass is 10.1. The smallest absolute Gasteiger partial charge is 0.0625 e. The molecule has 0 aliphatic rings. The molecule has 1 aromatic rings. The second-order valence-electron chi connectivity index (χ2n) is 2.62. The van der Waals surface area contributed by atoms with Crippen molar-refractivity contribution in [3.05, 3.63) is 23.8 Å². The van der Waals surface area contributed by atoms with Crippen LogP contribution in [0.4, 0.5) is 11.4 Å². The van der Waals surface area contributed by atoms with Crippen LogP contribution >= 0.6 is 0 Å². The molecule has 0 aromatic heterocycles. The number of nitrogens with zero attached hydrogens (tertiary/aromatic N) is 1. The largest absolute Gasteiger partial charge is 0.399 e. The molecule has 4 N–H and O–H groups in total. The minimum Gasteiger partial charge on any atom is -0.399 e. The number of nitrogen functional groups attached to an aromatic ring is 2. The zero-order valence-electron chi connectivity index (χ0n) is 6.75. The van der Waals surface area contributed by atoms with E-state index in [0.717, 1.165) is 5.56 Å². The van der Waals surface area contributed by atoms with Crippen molar-refractivity contribution in [2.24, 2.45) is 0 Å². The van der Waals surface area contributed by atoms with E-state index in [4.69, 9.17) is 16.7 Å². The summed E-state index contributed by atoms with van der Waals surface area (Å²) >= 11 is 0. The third-order valence-electron chi connectivity index (χ3n) is 1.67. The number of anilines is 2. The van der Waals surface area contributed by atoms with E-state index in [1.807, 2.05) is 6.07 Å². The summed E-state index contributed by atoms with van der Waals surface area (Å²) in [6, 6.07) is 7.40. The third-order valence-corrected chi connectivity index (χ3v) is 1.67. The molecule has 1 rings (SSSR count). The highest BCUT2D eigenvalue weighted by Gasteiger charge is 1.98. The number of rotatable bonds is 2. The Balaban J connectivity index is 2.84. The average molecular weight is 161 g/mol. The van der Waals surface area contributed by atoms with Crippen LogP contribution in [-0.4, -0.2) is 0 Å². The van der Waals surface area contributed by atoms with Crippen LogP contribution in [0.1, 0.15) is 12.0 Å². The van der Waals surface area contributed by atoms with Crippen LogP contribution < -0.4 is 11.5 Å². The summed E-state index contributed by atoms with van der Waals surface area (Å²) in [5.41, 5.74) is 13.6. The lowest BCUT2D eigenvalue weighted by Crippen LogP contribution is -1.96.